The number of aryl methyl sites for hydroxylation is 2. The Morgan fingerprint density at radius 3 is 2.59 bits per heavy atom. The van der Waals surface area contributed by atoms with E-state index in [4.69, 9.17) is 46.3 Å². The van der Waals surface area contributed by atoms with Gasteiger partial charge in [-0.1, -0.05) is 29.0 Å². The van der Waals surface area contributed by atoms with Crippen molar-refractivity contribution in [3.63, 3.8) is 0 Å². The van der Waals surface area contributed by atoms with Gasteiger partial charge in [0.15, 0.2) is 0 Å². The zero-order valence-corrected chi connectivity index (χ0v) is 38.5. The first-order chi connectivity index (χ1) is 31.3. The normalized spacial score (nSPS) is 18.3. The lowest BCUT2D eigenvalue weighted by Gasteiger charge is -2.28. The highest BCUT2D eigenvalue weighted by Crippen LogP contribution is 2.40. The number of nitriles is 1. The number of likely N-dealkylation sites (N-methyl/N-ethyl adjacent to an activating group) is 1. The lowest BCUT2D eigenvalue weighted by molar-refractivity contribution is -0.118. The van der Waals surface area contributed by atoms with Crippen molar-refractivity contribution in [1.29, 1.82) is 5.26 Å². The molecule has 0 bridgehead atoms. The molecule has 1 unspecified atom stereocenters. The molecule has 0 spiro atoms. The number of halogens is 1. The van der Waals surface area contributed by atoms with Crippen LogP contribution in [-0.2, 0) is 49.7 Å². The molecule has 3 aliphatic rings. The highest BCUT2D eigenvalue weighted by Gasteiger charge is 2.45. The van der Waals surface area contributed by atoms with Gasteiger partial charge < -0.3 is 49.9 Å². The van der Waals surface area contributed by atoms with E-state index in [0.717, 1.165) is 86.8 Å². The van der Waals surface area contributed by atoms with E-state index in [0.29, 0.717) is 78.3 Å². The monoisotopic (exact) mass is 921 g/mol. The number of fused-ring (bicyclic) bond motifs is 3. The smallest absolute Gasteiger partial charge is 0.315 e. The standard InChI is InChI=1S/C46H64ClN9O7S/c1-54(17-3-2-16-48)18-4-5-19-56-41-14-13-39(29-36(41)10-9-34-11-12-37(47)30-42(34)56)63-28-27-62-32-38-31-55(53-52-38)20-22-60-24-26-61-25-23-59-21-15-35(7-6-8-43(49)57)45-44-40(33-64-45)50-46(58)51-44/h2-3,11-14,29-31,35,40,44-45H,4-10,15,17-28,32-33H2,1H3,(H2,49,57)(H2,50,51,58)/b3-2+/t35?,40-,44-,45-/m0/s1. The molecule has 348 valence electrons. The van der Waals surface area contributed by atoms with Crippen LogP contribution < -0.4 is 26.0 Å². The molecule has 16 nitrogen and oxygen atoms in total. The average molecular weight is 923 g/mol. The molecule has 18 heteroatoms. The van der Waals surface area contributed by atoms with Crippen molar-refractivity contribution in [3.05, 3.63) is 76.6 Å². The lowest BCUT2D eigenvalue weighted by Crippen LogP contribution is -2.41. The Bertz CT molecular complexity index is 2000. The van der Waals surface area contributed by atoms with E-state index in [9.17, 15) is 9.59 Å². The van der Waals surface area contributed by atoms with Crippen LogP contribution in [0.2, 0.25) is 5.02 Å². The van der Waals surface area contributed by atoms with E-state index in [-0.39, 0.29) is 29.3 Å². The van der Waals surface area contributed by atoms with Gasteiger partial charge in [-0.3, -0.25) is 4.79 Å². The molecule has 2 aromatic carbocycles. The SMILES string of the molecule is CN(C/C=C/C#N)CCCCN1c2ccc(OCCOCc3cn(CCOCCOCCOCCC(CCCC(N)=O)[C@@H]4SC[C@@H]5NC(=O)N[C@@H]54)nn3)cc2CCc2ccc(Cl)cc21. The van der Waals surface area contributed by atoms with Crippen LogP contribution in [0.5, 0.6) is 5.75 Å². The average Bonchev–Trinajstić information content (AvgIpc) is 3.98. The van der Waals surface area contributed by atoms with Crippen LogP contribution in [0.25, 0.3) is 0 Å². The van der Waals surface area contributed by atoms with Crippen molar-refractivity contribution < 1.29 is 33.3 Å². The van der Waals surface area contributed by atoms with E-state index in [1.807, 2.05) is 36.2 Å². The number of unbranched alkanes of at least 4 members (excludes halogenated alkanes) is 1. The molecule has 3 aromatic rings. The molecule has 0 saturated carbocycles. The Morgan fingerprint density at radius 2 is 1.77 bits per heavy atom. The Kier molecular flexibility index (Phi) is 20.3. The van der Waals surface area contributed by atoms with Crippen molar-refractivity contribution in [3.8, 4) is 11.8 Å². The predicted octanol–water partition coefficient (Wildman–Crippen LogP) is 5.43. The Hall–Kier alpha value is -4.41. The van der Waals surface area contributed by atoms with Gasteiger partial charge in [0.05, 0.1) is 77.1 Å². The molecule has 0 radical (unpaired) electrons. The van der Waals surface area contributed by atoms with Crippen LogP contribution in [-0.4, -0.2) is 134 Å². The summed E-state index contributed by atoms with van der Waals surface area (Å²) in [5.41, 5.74) is 11.0. The number of rotatable bonds is 30. The number of anilines is 2. The first kappa shape index (κ1) is 49.0. The number of nitrogens with two attached hydrogens (primary N) is 1. The zero-order valence-electron chi connectivity index (χ0n) is 37.0. The number of thioether (sulfide) groups is 1. The van der Waals surface area contributed by atoms with E-state index < -0.39 is 0 Å². The summed E-state index contributed by atoms with van der Waals surface area (Å²) in [6.07, 6.45) is 12.0. The molecule has 1 aromatic heterocycles. The van der Waals surface area contributed by atoms with Gasteiger partial charge in [-0.25, -0.2) is 9.48 Å². The van der Waals surface area contributed by atoms with Gasteiger partial charge in [0.25, 0.3) is 0 Å². The quantitative estimate of drug-likeness (QED) is 0.0436. The number of nitrogens with zero attached hydrogens (tertiary/aromatic N) is 6. The molecule has 4 atom stereocenters. The number of carbonyl (C=O) groups excluding carboxylic acids is 2. The summed E-state index contributed by atoms with van der Waals surface area (Å²) >= 11 is 8.38. The first-order valence-corrected chi connectivity index (χ1v) is 23.9. The summed E-state index contributed by atoms with van der Waals surface area (Å²) < 4.78 is 31.0. The van der Waals surface area contributed by atoms with E-state index in [1.165, 1.54) is 28.6 Å². The fourth-order valence-electron chi connectivity index (χ4n) is 8.39. The molecule has 0 aliphatic carbocycles. The number of allylic oxidation sites excluding steroid dienone is 1. The summed E-state index contributed by atoms with van der Waals surface area (Å²) in [5.74, 6) is 1.74. The van der Waals surface area contributed by atoms with Gasteiger partial charge >= 0.3 is 6.03 Å². The van der Waals surface area contributed by atoms with Gasteiger partial charge in [0, 0.05) is 59.6 Å². The van der Waals surface area contributed by atoms with Crippen molar-refractivity contribution in [2.75, 3.05) is 90.2 Å². The highest BCUT2D eigenvalue weighted by molar-refractivity contribution is 8.00. The summed E-state index contributed by atoms with van der Waals surface area (Å²) in [7, 11) is 2.08. The molecule has 2 saturated heterocycles. The lowest BCUT2D eigenvalue weighted by atomic mass is 9.89. The third-order valence-electron chi connectivity index (χ3n) is 11.6. The summed E-state index contributed by atoms with van der Waals surface area (Å²) in [6, 6.07) is 14.8. The Morgan fingerprint density at radius 1 is 0.969 bits per heavy atom. The zero-order chi connectivity index (χ0) is 44.9. The Balaban J connectivity index is 0.814. The van der Waals surface area contributed by atoms with Crippen LogP contribution in [0.15, 0.2) is 54.7 Å². The number of amides is 3. The maximum absolute atomic E-state index is 11.9. The number of hydrogen-bond acceptors (Lipinski definition) is 13. The minimum Gasteiger partial charge on any atom is -0.491 e. The second kappa shape index (κ2) is 26.5. The van der Waals surface area contributed by atoms with Gasteiger partial charge in [0.2, 0.25) is 5.91 Å². The predicted molar refractivity (Wildman–Crippen MR) is 248 cm³/mol. The number of urea groups is 1. The van der Waals surface area contributed by atoms with E-state index in [1.54, 1.807) is 4.68 Å². The van der Waals surface area contributed by atoms with E-state index >= 15 is 0 Å². The topological polar surface area (TPSA) is 191 Å². The fraction of sp³-hybridized carbons (Fsp3) is 0.587. The number of hydrogen-bond donors (Lipinski definition) is 3. The summed E-state index contributed by atoms with van der Waals surface area (Å²) in [4.78, 5) is 27.8. The first-order valence-electron chi connectivity index (χ1n) is 22.5. The second-order valence-corrected chi connectivity index (χ2v) is 18.0. The molecule has 6 rings (SSSR count). The van der Waals surface area contributed by atoms with Gasteiger partial charge in [-0.15, -0.1) is 5.10 Å². The number of ether oxygens (including phenoxy) is 5. The van der Waals surface area contributed by atoms with Crippen molar-refractivity contribution >= 4 is 46.7 Å². The number of carbonyl (C=O) groups is 2. The molecule has 4 N–H and O–H groups in total. The third-order valence-corrected chi connectivity index (χ3v) is 13.5. The van der Waals surface area contributed by atoms with Crippen molar-refractivity contribution in [2.24, 2.45) is 11.7 Å². The van der Waals surface area contributed by atoms with Crippen LogP contribution in [0.4, 0.5) is 16.2 Å². The molecule has 3 amide bonds. The van der Waals surface area contributed by atoms with Crippen LogP contribution in [0.3, 0.4) is 0 Å². The highest BCUT2D eigenvalue weighted by atomic mass is 35.5. The van der Waals surface area contributed by atoms with Crippen LogP contribution in [0.1, 0.15) is 55.3 Å². The van der Waals surface area contributed by atoms with Gasteiger partial charge in [0.1, 0.15) is 18.1 Å². The molecule has 4 heterocycles. The van der Waals surface area contributed by atoms with Gasteiger partial charge in [-0.2, -0.15) is 17.0 Å². The molecule has 3 aliphatic heterocycles. The maximum Gasteiger partial charge on any atom is 0.315 e. The van der Waals surface area contributed by atoms with Crippen LogP contribution in [0, 0.1) is 17.2 Å². The maximum atomic E-state index is 11.9. The van der Waals surface area contributed by atoms with Crippen molar-refractivity contribution in [2.45, 2.75) is 81.9 Å². The minimum absolute atomic E-state index is 0.0999. The molecular weight excluding hydrogens is 858 g/mol. The largest absolute Gasteiger partial charge is 0.491 e. The molecular formula is C46H64ClN9O7S. The van der Waals surface area contributed by atoms with Gasteiger partial charge in [-0.05, 0) is 106 Å². The second-order valence-electron chi connectivity index (χ2n) is 16.4. The van der Waals surface area contributed by atoms with E-state index in [2.05, 4.69) is 68.1 Å². The summed E-state index contributed by atoms with van der Waals surface area (Å²) in [5, 5.41) is 24.3. The Labute approximate surface area is 386 Å². The van der Waals surface area contributed by atoms with Crippen molar-refractivity contribution in [1.82, 2.24) is 30.5 Å². The number of benzene rings is 2. The van der Waals surface area contributed by atoms with Crippen LogP contribution >= 0.6 is 23.4 Å². The molecule has 64 heavy (non-hydrogen) atoms. The minimum atomic E-state index is -0.285. The number of nitrogens with one attached hydrogen (secondary N) is 2. The fourth-order valence-corrected chi connectivity index (χ4v) is 10.3. The third kappa shape index (κ3) is 15.6. The molecule has 2 fully saturated rings. The number of aromatic nitrogens is 3. The number of primary amides is 1. The summed E-state index contributed by atoms with van der Waals surface area (Å²) in [6.45, 7) is 7.24.